The van der Waals surface area contributed by atoms with Crippen molar-refractivity contribution in [2.75, 3.05) is 11.4 Å². The third-order valence-corrected chi connectivity index (χ3v) is 4.99. The third kappa shape index (κ3) is 2.34. The molecule has 0 aromatic heterocycles. The molecule has 0 radical (unpaired) electrons. The molecule has 1 N–H and O–H groups in total. The molecule has 0 aliphatic carbocycles. The van der Waals surface area contributed by atoms with Gasteiger partial charge in [-0.25, -0.2) is 0 Å². The Morgan fingerprint density at radius 3 is 2.45 bits per heavy atom. The van der Waals surface area contributed by atoms with E-state index in [1.54, 1.807) is 0 Å². The monoisotopic (exact) mass is 294 g/mol. The molecule has 2 aromatic rings. The molecule has 1 saturated heterocycles. The van der Waals surface area contributed by atoms with Crippen LogP contribution in [0.5, 0.6) is 0 Å². The molecule has 3 heteroatoms. The van der Waals surface area contributed by atoms with Gasteiger partial charge in [-0.3, -0.25) is 0 Å². The molecule has 0 bridgehead atoms. The maximum atomic E-state index is 10.4. The van der Waals surface area contributed by atoms with Crippen molar-refractivity contribution in [1.29, 1.82) is 5.26 Å². The molecule has 2 aromatic carbocycles. The molecule has 1 heterocycles. The van der Waals surface area contributed by atoms with Crippen molar-refractivity contribution in [3.63, 3.8) is 0 Å². The lowest BCUT2D eigenvalue weighted by atomic mass is 9.85. The second-order valence-corrected chi connectivity index (χ2v) is 6.77. The quantitative estimate of drug-likeness (QED) is 0.918. The number of hydrogen-bond acceptors (Lipinski definition) is 3. The maximum absolute atomic E-state index is 10.4. The number of aliphatic hydroxyl groups is 1. The van der Waals surface area contributed by atoms with Gasteiger partial charge in [0.1, 0.15) is 0 Å². The topological polar surface area (TPSA) is 47.3 Å². The Hall–Kier alpha value is -2.05. The molecule has 2 unspecified atom stereocenters. The second kappa shape index (κ2) is 5.30. The molecule has 1 aliphatic heterocycles. The number of benzene rings is 2. The van der Waals surface area contributed by atoms with Crippen LogP contribution >= 0.6 is 0 Å². The summed E-state index contributed by atoms with van der Waals surface area (Å²) in [5.41, 5.74) is 1.20. The molecule has 3 rings (SSSR count). The fourth-order valence-electron chi connectivity index (χ4n) is 3.85. The Balaban J connectivity index is 2.07. The van der Waals surface area contributed by atoms with E-state index in [1.807, 2.05) is 44.2 Å². The van der Waals surface area contributed by atoms with Crippen molar-refractivity contribution < 1.29 is 5.11 Å². The molecular weight excluding hydrogens is 272 g/mol. The predicted molar refractivity (Wildman–Crippen MR) is 89.9 cm³/mol. The normalized spacial score (nSPS) is 22.0. The molecular formula is C19H22N2O. The van der Waals surface area contributed by atoms with Crippen LogP contribution in [-0.2, 0) is 0 Å². The molecule has 1 fully saturated rings. The summed E-state index contributed by atoms with van der Waals surface area (Å²) in [5.74, 6) is 0.252. The van der Waals surface area contributed by atoms with Gasteiger partial charge >= 0.3 is 0 Å². The van der Waals surface area contributed by atoms with Crippen LogP contribution in [0.25, 0.3) is 10.8 Å². The van der Waals surface area contributed by atoms with Crippen LogP contribution in [0.1, 0.15) is 32.8 Å². The smallest absolute Gasteiger partial charge is 0.0998 e. The van der Waals surface area contributed by atoms with Crippen LogP contribution < -0.4 is 4.90 Å². The summed E-state index contributed by atoms with van der Waals surface area (Å²) in [5, 5.41) is 21.8. The Labute approximate surface area is 131 Å². The third-order valence-electron chi connectivity index (χ3n) is 4.99. The van der Waals surface area contributed by atoms with Crippen molar-refractivity contribution in [2.45, 2.75) is 38.8 Å². The largest absolute Gasteiger partial charge is 0.390 e. The van der Waals surface area contributed by atoms with Crippen LogP contribution in [0.3, 0.4) is 0 Å². The maximum Gasteiger partial charge on any atom is 0.0998 e. The van der Waals surface area contributed by atoms with Crippen LogP contribution in [0.2, 0.25) is 0 Å². The summed E-state index contributed by atoms with van der Waals surface area (Å²) >= 11 is 0. The van der Waals surface area contributed by atoms with Gasteiger partial charge in [0.2, 0.25) is 0 Å². The van der Waals surface area contributed by atoms with Gasteiger partial charge in [0.25, 0.3) is 0 Å². The first-order valence-corrected chi connectivity index (χ1v) is 7.84. The molecule has 0 amide bonds. The van der Waals surface area contributed by atoms with Crippen LogP contribution in [0, 0.1) is 17.2 Å². The molecule has 22 heavy (non-hydrogen) atoms. The first kappa shape index (κ1) is 14.9. The minimum absolute atomic E-state index is 0.252. The first-order chi connectivity index (χ1) is 10.4. The van der Waals surface area contributed by atoms with E-state index in [4.69, 9.17) is 0 Å². The Morgan fingerprint density at radius 2 is 1.86 bits per heavy atom. The van der Waals surface area contributed by atoms with Crippen LogP contribution in [0.4, 0.5) is 5.69 Å². The highest BCUT2D eigenvalue weighted by Crippen LogP contribution is 2.39. The van der Waals surface area contributed by atoms with Crippen molar-refractivity contribution in [1.82, 2.24) is 0 Å². The summed E-state index contributed by atoms with van der Waals surface area (Å²) < 4.78 is 0. The Kier molecular flexibility index (Phi) is 3.58. The summed E-state index contributed by atoms with van der Waals surface area (Å²) in [7, 11) is 0. The highest BCUT2D eigenvalue weighted by atomic mass is 16.3. The van der Waals surface area contributed by atoms with E-state index in [2.05, 4.69) is 24.0 Å². The van der Waals surface area contributed by atoms with Gasteiger partial charge in [-0.05, 0) is 39.3 Å². The lowest BCUT2D eigenvalue weighted by molar-refractivity contribution is 0.0156. The molecule has 3 nitrogen and oxygen atoms in total. The SMILES string of the molecule is CC1C(C(C)(C)O)CCN1c1ccc(C#N)c2ccccc12. The van der Waals surface area contributed by atoms with E-state index >= 15 is 0 Å². The second-order valence-electron chi connectivity index (χ2n) is 6.77. The molecule has 114 valence electrons. The van der Waals surface area contributed by atoms with Crippen molar-refractivity contribution in [2.24, 2.45) is 5.92 Å². The summed E-state index contributed by atoms with van der Waals surface area (Å²) in [6.45, 7) is 6.91. The molecule has 0 spiro atoms. The highest BCUT2D eigenvalue weighted by Gasteiger charge is 2.40. The van der Waals surface area contributed by atoms with Crippen LogP contribution in [-0.4, -0.2) is 23.3 Å². The van der Waals surface area contributed by atoms with Gasteiger partial charge in [-0.15, -0.1) is 0 Å². The molecule has 2 atom stereocenters. The van der Waals surface area contributed by atoms with Crippen molar-refractivity contribution in [3.8, 4) is 6.07 Å². The zero-order valence-electron chi connectivity index (χ0n) is 13.4. The number of anilines is 1. The fourth-order valence-corrected chi connectivity index (χ4v) is 3.85. The average Bonchev–Trinajstić information content (AvgIpc) is 2.88. The highest BCUT2D eigenvalue weighted by molar-refractivity contribution is 5.98. The lowest BCUT2D eigenvalue weighted by Gasteiger charge is -2.33. The van der Waals surface area contributed by atoms with Crippen LogP contribution in [0.15, 0.2) is 36.4 Å². The van der Waals surface area contributed by atoms with Crippen molar-refractivity contribution >= 4 is 16.5 Å². The number of nitrogens with zero attached hydrogens (tertiary/aromatic N) is 2. The Morgan fingerprint density at radius 1 is 1.18 bits per heavy atom. The zero-order chi connectivity index (χ0) is 15.9. The molecule has 1 aliphatic rings. The number of rotatable bonds is 2. The summed E-state index contributed by atoms with van der Waals surface area (Å²) in [6.07, 6.45) is 0.985. The van der Waals surface area contributed by atoms with Gasteiger partial charge in [0.15, 0.2) is 0 Å². The van der Waals surface area contributed by atoms with E-state index in [0.717, 1.165) is 29.4 Å². The summed E-state index contributed by atoms with van der Waals surface area (Å²) in [6, 6.07) is 14.6. The number of fused-ring (bicyclic) bond motifs is 1. The zero-order valence-corrected chi connectivity index (χ0v) is 13.4. The van der Waals surface area contributed by atoms with Gasteiger partial charge in [-0.2, -0.15) is 5.26 Å². The molecule has 0 saturated carbocycles. The first-order valence-electron chi connectivity index (χ1n) is 7.84. The summed E-state index contributed by atoms with van der Waals surface area (Å²) in [4.78, 5) is 2.37. The van der Waals surface area contributed by atoms with Crippen molar-refractivity contribution in [3.05, 3.63) is 42.0 Å². The van der Waals surface area contributed by atoms with E-state index in [-0.39, 0.29) is 12.0 Å². The van der Waals surface area contributed by atoms with E-state index in [0.29, 0.717) is 5.56 Å². The lowest BCUT2D eigenvalue weighted by Crippen LogP contribution is -2.40. The average molecular weight is 294 g/mol. The van der Waals surface area contributed by atoms with Gasteiger partial charge in [0, 0.05) is 35.0 Å². The van der Waals surface area contributed by atoms with E-state index < -0.39 is 5.60 Å². The van der Waals surface area contributed by atoms with E-state index in [9.17, 15) is 10.4 Å². The van der Waals surface area contributed by atoms with Gasteiger partial charge in [0.05, 0.1) is 17.2 Å². The van der Waals surface area contributed by atoms with E-state index in [1.165, 1.54) is 0 Å². The van der Waals surface area contributed by atoms with Gasteiger partial charge in [-0.1, -0.05) is 24.3 Å². The van der Waals surface area contributed by atoms with Gasteiger partial charge < -0.3 is 10.0 Å². The fraction of sp³-hybridized carbons (Fsp3) is 0.421. The number of hydrogen-bond donors (Lipinski definition) is 1. The minimum Gasteiger partial charge on any atom is -0.390 e. The predicted octanol–water partition coefficient (Wildman–Crippen LogP) is 3.70. The number of nitriles is 1. The Bertz CT molecular complexity index is 739. The standard InChI is InChI=1S/C19H22N2O/c1-13-17(19(2,3)22)10-11-21(13)18-9-8-14(12-20)15-6-4-5-7-16(15)18/h4-9,13,17,22H,10-11H2,1-3H3. The minimum atomic E-state index is -0.670.